The van der Waals surface area contributed by atoms with Crippen molar-refractivity contribution in [2.45, 2.75) is 44.8 Å². The Morgan fingerprint density at radius 2 is 1.83 bits per heavy atom. The Balaban J connectivity index is 1.63. The van der Waals surface area contributed by atoms with Gasteiger partial charge in [0.2, 0.25) is 0 Å². The number of esters is 1. The average Bonchev–Trinajstić information content (AvgIpc) is 2.45. The minimum atomic E-state index is -0.274. The van der Waals surface area contributed by atoms with Crippen molar-refractivity contribution < 1.29 is 14.3 Å². The highest BCUT2D eigenvalue weighted by Gasteiger charge is 2.15. The average molecular weight is 248 g/mol. The zero-order valence-electron chi connectivity index (χ0n) is 10.6. The minimum absolute atomic E-state index is 0.0809. The van der Waals surface area contributed by atoms with E-state index in [4.69, 9.17) is 9.47 Å². The Labute approximate surface area is 108 Å². The molecule has 0 bridgehead atoms. The maximum atomic E-state index is 11.5. The van der Waals surface area contributed by atoms with Crippen molar-refractivity contribution in [1.82, 2.24) is 0 Å². The quantitative estimate of drug-likeness (QED) is 0.751. The van der Waals surface area contributed by atoms with Gasteiger partial charge in [-0.05, 0) is 18.4 Å². The van der Waals surface area contributed by atoms with Gasteiger partial charge in [-0.3, -0.25) is 0 Å². The third kappa shape index (κ3) is 4.49. The van der Waals surface area contributed by atoms with Crippen molar-refractivity contribution >= 4 is 5.97 Å². The number of carbonyl (C=O) groups is 1. The molecule has 1 aromatic carbocycles. The summed E-state index contributed by atoms with van der Waals surface area (Å²) in [5.41, 5.74) is 1.00. The molecule has 0 saturated heterocycles. The molecule has 0 unspecified atom stereocenters. The fourth-order valence-electron chi connectivity index (χ4n) is 2.20. The molecule has 1 aliphatic rings. The third-order valence-corrected chi connectivity index (χ3v) is 3.23. The predicted molar refractivity (Wildman–Crippen MR) is 69.1 cm³/mol. The summed E-state index contributed by atoms with van der Waals surface area (Å²) in [4.78, 5) is 11.5. The molecule has 18 heavy (non-hydrogen) atoms. The van der Waals surface area contributed by atoms with Crippen LogP contribution in [0.5, 0.6) is 0 Å². The normalized spacial score (nSPS) is 16.4. The summed E-state index contributed by atoms with van der Waals surface area (Å²) in [5, 5.41) is 0. The van der Waals surface area contributed by atoms with E-state index in [1.807, 2.05) is 30.3 Å². The minimum Gasteiger partial charge on any atom is -0.459 e. The molecule has 0 atom stereocenters. The lowest BCUT2D eigenvalue weighted by atomic mass is 9.98. The number of carbonyl (C=O) groups excluding carboxylic acids is 1. The fourth-order valence-corrected chi connectivity index (χ4v) is 2.20. The monoisotopic (exact) mass is 248 g/mol. The largest absolute Gasteiger partial charge is 0.459 e. The van der Waals surface area contributed by atoms with Crippen LogP contribution in [0.1, 0.15) is 37.7 Å². The molecule has 2 rings (SSSR count). The SMILES string of the molecule is O=C(COC1CCCCC1)OCc1ccccc1. The number of rotatable bonds is 5. The maximum absolute atomic E-state index is 11.5. The first-order valence-corrected chi connectivity index (χ1v) is 6.66. The Hall–Kier alpha value is -1.35. The molecule has 1 fully saturated rings. The highest BCUT2D eigenvalue weighted by atomic mass is 16.6. The smallest absolute Gasteiger partial charge is 0.332 e. The van der Waals surface area contributed by atoms with Gasteiger partial charge in [0.25, 0.3) is 0 Å². The first-order chi connectivity index (χ1) is 8.84. The molecule has 3 heteroatoms. The lowest BCUT2D eigenvalue weighted by Gasteiger charge is -2.21. The zero-order chi connectivity index (χ0) is 12.6. The van der Waals surface area contributed by atoms with Crippen LogP contribution in [0, 0.1) is 0 Å². The summed E-state index contributed by atoms with van der Waals surface area (Å²) >= 11 is 0. The molecule has 0 aliphatic heterocycles. The maximum Gasteiger partial charge on any atom is 0.332 e. The van der Waals surface area contributed by atoms with Gasteiger partial charge < -0.3 is 9.47 Å². The standard InChI is InChI=1S/C15H20O3/c16-15(12-17-14-9-5-2-6-10-14)18-11-13-7-3-1-4-8-13/h1,3-4,7-8,14H,2,5-6,9-12H2. The van der Waals surface area contributed by atoms with E-state index >= 15 is 0 Å². The van der Waals surface area contributed by atoms with Gasteiger partial charge in [0.15, 0.2) is 0 Å². The van der Waals surface area contributed by atoms with Gasteiger partial charge in [0, 0.05) is 0 Å². The number of hydrogen-bond acceptors (Lipinski definition) is 3. The van der Waals surface area contributed by atoms with Crippen LogP contribution in [0.15, 0.2) is 30.3 Å². The van der Waals surface area contributed by atoms with E-state index in [1.54, 1.807) is 0 Å². The van der Waals surface area contributed by atoms with Crippen LogP contribution in [-0.2, 0) is 20.9 Å². The van der Waals surface area contributed by atoms with Crippen molar-refractivity contribution in [1.29, 1.82) is 0 Å². The van der Waals surface area contributed by atoms with Gasteiger partial charge in [-0.25, -0.2) is 4.79 Å². The molecular formula is C15H20O3. The summed E-state index contributed by atoms with van der Waals surface area (Å²) < 4.78 is 10.7. The van der Waals surface area contributed by atoms with Crippen LogP contribution in [-0.4, -0.2) is 18.7 Å². The van der Waals surface area contributed by atoms with Gasteiger partial charge in [-0.15, -0.1) is 0 Å². The van der Waals surface area contributed by atoms with Crippen LogP contribution in [0.25, 0.3) is 0 Å². The van der Waals surface area contributed by atoms with Crippen LogP contribution < -0.4 is 0 Å². The van der Waals surface area contributed by atoms with Crippen molar-refractivity contribution in [3.05, 3.63) is 35.9 Å². The van der Waals surface area contributed by atoms with E-state index in [-0.39, 0.29) is 18.7 Å². The van der Waals surface area contributed by atoms with E-state index in [0.717, 1.165) is 18.4 Å². The first-order valence-electron chi connectivity index (χ1n) is 6.66. The van der Waals surface area contributed by atoms with E-state index in [1.165, 1.54) is 19.3 Å². The molecule has 1 aromatic rings. The summed E-state index contributed by atoms with van der Waals surface area (Å²) in [6, 6.07) is 9.69. The van der Waals surface area contributed by atoms with E-state index in [9.17, 15) is 4.79 Å². The van der Waals surface area contributed by atoms with Gasteiger partial charge in [0.1, 0.15) is 13.2 Å². The van der Waals surface area contributed by atoms with Crippen molar-refractivity contribution in [2.24, 2.45) is 0 Å². The number of benzene rings is 1. The summed E-state index contributed by atoms with van der Waals surface area (Å²) in [6.45, 7) is 0.408. The van der Waals surface area contributed by atoms with Crippen molar-refractivity contribution in [3.8, 4) is 0 Å². The second-order valence-corrected chi connectivity index (χ2v) is 4.72. The molecule has 0 amide bonds. The summed E-state index contributed by atoms with van der Waals surface area (Å²) in [5.74, 6) is -0.274. The van der Waals surface area contributed by atoms with Gasteiger partial charge in [-0.2, -0.15) is 0 Å². The van der Waals surface area contributed by atoms with Gasteiger partial charge in [-0.1, -0.05) is 49.6 Å². The van der Waals surface area contributed by atoms with E-state index in [0.29, 0.717) is 6.61 Å². The molecule has 0 spiro atoms. The molecule has 0 radical (unpaired) electrons. The summed E-state index contributed by atoms with van der Waals surface area (Å²) in [6.07, 6.45) is 6.12. The Morgan fingerprint density at radius 3 is 2.56 bits per heavy atom. The van der Waals surface area contributed by atoms with Crippen molar-refractivity contribution in [2.75, 3.05) is 6.61 Å². The molecule has 0 N–H and O–H groups in total. The lowest BCUT2D eigenvalue weighted by Crippen LogP contribution is -2.22. The molecule has 1 saturated carbocycles. The second kappa shape index (κ2) is 7.17. The topological polar surface area (TPSA) is 35.5 Å². The Morgan fingerprint density at radius 1 is 1.11 bits per heavy atom. The molecule has 0 heterocycles. The van der Waals surface area contributed by atoms with Gasteiger partial charge in [0.05, 0.1) is 6.10 Å². The summed E-state index contributed by atoms with van der Waals surface area (Å²) in [7, 11) is 0. The molecule has 98 valence electrons. The highest BCUT2D eigenvalue weighted by molar-refractivity contribution is 5.70. The molecule has 0 aromatic heterocycles. The lowest BCUT2D eigenvalue weighted by molar-refractivity contribution is -0.153. The van der Waals surface area contributed by atoms with Crippen LogP contribution in [0.4, 0.5) is 0 Å². The predicted octanol–water partition coefficient (Wildman–Crippen LogP) is 3.08. The van der Waals surface area contributed by atoms with Crippen LogP contribution in [0.3, 0.4) is 0 Å². The molecule has 1 aliphatic carbocycles. The first kappa shape index (κ1) is 13.1. The number of ether oxygens (including phenoxy) is 2. The second-order valence-electron chi connectivity index (χ2n) is 4.72. The van der Waals surface area contributed by atoms with E-state index < -0.39 is 0 Å². The van der Waals surface area contributed by atoms with Gasteiger partial charge >= 0.3 is 5.97 Å². The number of hydrogen-bond donors (Lipinski definition) is 0. The van der Waals surface area contributed by atoms with E-state index in [2.05, 4.69) is 0 Å². The Bertz CT molecular complexity index is 355. The van der Waals surface area contributed by atoms with Crippen LogP contribution in [0.2, 0.25) is 0 Å². The zero-order valence-corrected chi connectivity index (χ0v) is 10.6. The molecular weight excluding hydrogens is 228 g/mol. The molecule has 3 nitrogen and oxygen atoms in total. The third-order valence-electron chi connectivity index (χ3n) is 3.23. The van der Waals surface area contributed by atoms with Crippen LogP contribution >= 0.6 is 0 Å². The van der Waals surface area contributed by atoms with Crippen molar-refractivity contribution in [3.63, 3.8) is 0 Å². The Kier molecular flexibility index (Phi) is 5.21. The fraction of sp³-hybridized carbons (Fsp3) is 0.533. The highest BCUT2D eigenvalue weighted by Crippen LogP contribution is 2.20.